The molecule has 0 radical (unpaired) electrons. The van der Waals surface area contributed by atoms with Crippen molar-refractivity contribution in [3.63, 3.8) is 0 Å². The Balaban J connectivity index is 1.48. The molecular weight excluding hydrogens is 344 g/mol. The summed E-state index contributed by atoms with van der Waals surface area (Å²) in [6, 6.07) is 17.0. The summed E-state index contributed by atoms with van der Waals surface area (Å²) in [5, 5.41) is 3.97. The first kappa shape index (κ1) is 17.0. The molecule has 1 aliphatic heterocycles. The van der Waals surface area contributed by atoms with E-state index in [2.05, 4.69) is 5.16 Å². The molecule has 1 aromatic heterocycles. The van der Waals surface area contributed by atoms with Gasteiger partial charge in [0, 0.05) is 17.8 Å². The molecule has 27 heavy (non-hydrogen) atoms. The standard InChI is InChI=1S/C21H18N2O4/c1-14-19(20(22-27-14)16-8-3-2-4-9-16)21(25)26-13-18(24)23-12-11-15-7-5-6-10-17(15)23/h2-10H,11-13H2,1H3. The lowest BCUT2D eigenvalue weighted by molar-refractivity contribution is -0.121. The normalized spacial score (nSPS) is 12.7. The van der Waals surface area contributed by atoms with Crippen molar-refractivity contribution in [1.29, 1.82) is 0 Å². The number of para-hydroxylation sites is 1. The summed E-state index contributed by atoms with van der Waals surface area (Å²) in [7, 11) is 0. The van der Waals surface area contributed by atoms with Gasteiger partial charge in [0.15, 0.2) is 6.61 Å². The fourth-order valence-corrected chi connectivity index (χ4v) is 3.28. The number of amides is 1. The molecule has 0 unspecified atom stereocenters. The first-order chi connectivity index (χ1) is 13.1. The lowest BCUT2D eigenvalue weighted by atomic mass is 10.1. The Labute approximate surface area is 156 Å². The monoisotopic (exact) mass is 362 g/mol. The third-order valence-corrected chi connectivity index (χ3v) is 4.63. The lowest BCUT2D eigenvalue weighted by Gasteiger charge is -2.17. The van der Waals surface area contributed by atoms with E-state index in [1.54, 1.807) is 11.8 Å². The van der Waals surface area contributed by atoms with Crippen LogP contribution >= 0.6 is 0 Å². The highest BCUT2D eigenvalue weighted by atomic mass is 16.5. The summed E-state index contributed by atoms with van der Waals surface area (Å²) in [4.78, 5) is 26.8. The molecule has 0 saturated carbocycles. The van der Waals surface area contributed by atoms with Gasteiger partial charge in [0.05, 0.1) is 0 Å². The number of hydrogen-bond donors (Lipinski definition) is 0. The highest BCUT2D eigenvalue weighted by molar-refractivity contribution is 6.00. The average molecular weight is 362 g/mol. The molecule has 1 amide bonds. The first-order valence-electron chi connectivity index (χ1n) is 8.72. The van der Waals surface area contributed by atoms with Crippen LogP contribution in [0.15, 0.2) is 59.1 Å². The van der Waals surface area contributed by atoms with Gasteiger partial charge in [0.1, 0.15) is 17.0 Å². The van der Waals surface area contributed by atoms with Crippen LogP contribution in [0.25, 0.3) is 11.3 Å². The number of rotatable bonds is 4. The van der Waals surface area contributed by atoms with E-state index >= 15 is 0 Å². The van der Waals surface area contributed by atoms with Gasteiger partial charge in [0.25, 0.3) is 5.91 Å². The van der Waals surface area contributed by atoms with Crippen LogP contribution in [-0.4, -0.2) is 30.2 Å². The SMILES string of the molecule is Cc1onc(-c2ccccc2)c1C(=O)OCC(=O)N1CCc2ccccc21. The Hall–Kier alpha value is -3.41. The van der Waals surface area contributed by atoms with Gasteiger partial charge in [-0.05, 0) is 25.0 Å². The van der Waals surface area contributed by atoms with Gasteiger partial charge in [0.2, 0.25) is 0 Å². The van der Waals surface area contributed by atoms with Crippen molar-refractivity contribution in [1.82, 2.24) is 5.16 Å². The Morgan fingerprint density at radius 2 is 1.85 bits per heavy atom. The lowest BCUT2D eigenvalue weighted by Crippen LogP contribution is -2.33. The van der Waals surface area contributed by atoms with Gasteiger partial charge >= 0.3 is 5.97 Å². The zero-order valence-corrected chi connectivity index (χ0v) is 14.8. The molecule has 136 valence electrons. The van der Waals surface area contributed by atoms with Crippen LogP contribution in [0, 0.1) is 6.92 Å². The number of aryl methyl sites for hydroxylation is 1. The Morgan fingerprint density at radius 1 is 1.11 bits per heavy atom. The fraction of sp³-hybridized carbons (Fsp3) is 0.190. The molecule has 6 nitrogen and oxygen atoms in total. The van der Waals surface area contributed by atoms with E-state index in [-0.39, 0.29) is 18.1 Å². The van der Waals surface area contributed by atoms with Crippen LogP contribution in [0.3, 0.4) is 0 Å². The summed E-state index contributed by atoms with van der Waals surface area (Å²) in [5.41, 5.74) is 3.41. The molecule has 6 heteroatoms. The van der Waals surface area contributed by atoms with Crippen LogP contribution in [0.1, 0.15) is 21.7 Å². The molecule has 2 heterocycles. The van der Waals surface area contributed by atoms with Crippen LogP contribution in [0.4, 0.5) is 5.69 Å². The number of nitrogens with zero attached hydrogens (tertiary/aromatic N) is 2. The molecule has 0 N–H and O–H groups in total. The summed E-state index contributed by atoms with van der Waals surface area (Å²) in [6.07, 6.45) is 0.804. The second kappa shape index (κ2) is 7.07. The quantitative estimate of drug-likeness (QED) is 0.665. The zero-order chi connectivity index (χ0) is 18.8. The van der Waals surface area contributed by atoms with Crippen molar-refractivity contribution >= 4 is 17.6 Å². The molecule has 0 atom stereocenters. The molecular formula is C21H18N2O4. The predicted octanol–water partition coefficient (Wildman–Crippen LogP) is 3.40. The third-order valence-electron chi connectivity index (χ3n) is 4.63. The van der Waals surface area contributed by atoms with Crippen molar-refractivity contribution in [3.8, 4) is 11.3 Å². The largest absolute Gasteiger partial charge is 0.452 e. The van der Waals surface area contributed by atoms with Gasteiger partial charge in [-0.1, -0.05) is 53.7 Å². The van der Waals surface area contributed by atoms with Crippen molar-refractivity contribution in [3.05, 3.63) is 71.5 Å². The van der Waals surface area contributed by atoms with Crippen LogP contribution < -0.4 is 4.90 Å². The summed E-state index contributed by atoms with van der Waals surface area (Å²) in [5.74, 6) is -0.505. The number of anilines is 1. The molecule has 0 aliphatic carbocycles. The predicted molar refractivity (Wildman–Crippen MR) is 99.5 cm³/mol. The molecule has 0 bridgehead atoms. The van der Waals surface area contributed by atoms with Gasteiger partial charge in [-0.2, -0.15) is 0 Å². The summed E-state index contributed by atoms with van der Waals surface area (Å²) < 4.78 is 10.5. The molecule has 1 aliphatic rings. The number of fused-ring (bicyclic) bond motifs is 1. The third kappa shape index (κ3) is 3.21. The van der Waals surface area contributed by atoms with Crippen molar-refractivity contribution < 1.29 is 18.8 Å². The maximum Gasteiger partial charge on any atom is 0.344 e. The van der Waals surface area contributed by atoms with Crippen LogP contribution in [0.2, 0.25) is 0 Å². The van der Waals surface area contributed by atoms with Gasteiger partial charge < -0.3 is 14.2 Å². The summed E-state index contributed by atoms with van der Waals surface area (Å²) in [6.45, 7) is 1.91. The number of ether oxygens (including phenoxy) is 1. The number of aromatic nitrogens is 1. The maximum atomic E-state index is 12.6. The Morgan fingerprint density at radius 3 is 2.67 bits per heavy atom. The number of hydrogen-bond acceptors (Lipinski definition) is 5. The van der Waals surface area contributed by atoms with Crippen molar-refractivity contribution in [2.24, 2.45) is 0 Å². The van der Waals surface area contributed by atoms with E-state index in [0.29, 0.717) is 18.0 Å². The minimum Gasteiger partial charge on any atom is -0.452 e. The second-order valence-corrected chi connectivity index (χ2v) is 6.33. The Kier molecular flexibility index (Phi) is 4.46. The highest BCUT2D eigenvalue weighted by Crippen LogP contribution is 2.28. The Bertz CT molecular complexity index is 994. The van der Waals surface area contributed by atoms with Crippen molar-refractivity contribution in [2.45, 2.75) is 13.3 Å². The summed E-state index contributed by atoms with van der Waals surface area (Å²) >= 11 is 0. The van der Waals surface area contributed by atoms with Gasteiger partial charge in [-0.15, -0.1) is 0 Å². The van der Waals surface area contributed by atoms with Crippen molar-refractivity contribution in [2.75, 3.05) is 18.1 Å². The first-order valence-corrected chi connectivity index (χ1v) is 8.72. The highest BCUT2D eigenvalue weighted by Gasteiger charge is 2.27. The van der Waals surface area contributed by atoms with Crippen LogP contribution in [-0.2, 0) is 16.0 Å². The number of carbonyl (C=O) groups excluding carboxylic acids is 2. The van der Waals surface area contributed by atoms with E-state index in [1.165, 1.54) is 0 Å². The van der Waals surface area contributed by atoms with E-state index < -0.39 is 5.97 Å². The molecule has 3 aromatic rings. The second-order valence-electron chi connectivity index (χ2n) is 6.33. The fourth-order valence-electron chi connectivity index (χ4n) is 3.28. The van der Waals surface area contributed by atoms with E-state index in [9.17, 15) is 9.59 Å². The minimum atomic E-state index is -0.617. The maximum absolute atomic E-state index is 12.6. The van der Waals surface area contributed by atoms with Gasteiger partial charge in [-0.25, -0.2) is 4.79 Å². The number of benzene rings is 2. The van der Waals surface area contributed by atoms with E-state index in [4.69, 9.17) is 9.26 Å². The minimum absolute atomic E-state index is 0.246. The molecule has 0 saturated heterocycles. The van der Waals surface area contributed by atoms with E-state index in [1.807, 2.05) is 54.6 Å². The molecule has 0 fully saturated rings. The number of esters is 1. The molecule has 4 rings (SSSR count). The van der Waals surface area contributed by atoms with E-state index in [0.717, 1.165) is 23.2 Å². The van der Waals surface area contributed by atoms with Gasteiger partial charge in [-0.3, -0.25) is 4.79 Å². The number of carbonyl (C=O) groups is 2. The smallest absolute Gasteiger partial charge is 0.344 e. The average Bonchev–Trinajstić information content (AvgIpc) is 3.30. The molecule has 2 aromatic carbocycles. The molecule has 0 spiro atoms. The van der Waals surface area contributed by atoms with Crippen LogP contribution in [0.5, 0.6) is 0 Å². The topological polar surface area (TPSA) is 72.6 Å². The zero-order valence-electron chi connectivity index (χ0n) is 14.8.